The molecule has 0 fully saturated rings. The lowest BCUT2D eigenvalue weighted by atomic mass is 10.0. The molecule has 0 saturated heterocycles. The van der Waals surface area contributed by atoms with Crippen molar-refractivity contribution in [1.29, 1.82) is 0 Å². The Bertz CT molecular complexity index is 513. The average molecular weight is 230 g/mol. The summed E-state index contributed by atoms with van der Waals surface area (Å²) in [4.78, 5) is 0. The summed E-state index contributed by atoms with van der Waals surface area (Å²) in [5.41, 5.74) is 3.49. The van der Waals surface area contributed by atoms with E-state index in [-0.39, 0.29) is 0 Å². The average Bonchev–Trinajstić information content (AvgIpc) is 2.68. The van der Waals surface area contributed by atoms with E-state index in [0.29, 0.717) is 0 Å². The molecule has 2 aromatic rings. The molecule has 0 aliphatic heterocycles. The van der Waals surface area contributed by atoms with Gasteiger partial charge in [-0.3, -0.25) is 0 Å². The normalized spacial score (nSPS) is 10.4. The van der Waals surface area contributed by atoms with Crippen molar-refractivity contribution in [3.63, 3.8) is 0 Å². The number of nitrogens with one attached hydrogen (secondary N) is 1. The number of aromatic nitrogens is 1. The molecule has 0 unspecified atom stereocenters. The van der Waals surface area contributed by atoms with Gasteiger partial charge in [-0.25, -0.2) is 0 Å². The molecule has 0 saturated carbocycles. The third-order valence-electron chi connectivity index (χ3n) is 2.67. The van der Waals surface area contributed by atoms with E-state index in [1.165, 1.54) is 0 Å². The van der Waals surface area contributed by atoms with Crippen LogP contribution in [0, 0.1) is 20.9 Å². The standard InChI is InChI=1S/C13H14N2O2/c1-8-13(9(2)17-15-8)11-7-10(14-3)5-6-12(11)16-4/h3,5-7,14H,1-2,4H3. The Morgan fingerprint density at radius 3 is 2.65 bits per heavy atom. The molecule has 1 aromatic carbocycles. The zero-order chi connectivity index (χ0) is 12.4. The fraction of sp³-hybridized carbons (Fsp3) is 0.231. The lowest BCUT2D eigenvalue weighted by molar-refractivity contribution is 0.393. The Balaban J connectivity index is 2.64. The molecule has 2 radical (unpaired) electrons. The van der Waals surface area contributed by atoms with Gasteiger partial charge in [0, 0.05) is 11.3 Å². The first-order valence-corrected chi connectivity index (χ1v) is 5.25. The van der Waals surface area contributed by atoms with Gasteiger partial charge in [0.2, 0.25) is 0 Å². The van der Waals surface area contributed by atoms with Crippen LogP contribution in [-0.2, 0) is 0 Å². The molecule has 88 valence electrons. The molecule has 0 bridgehead atoms. The predicted molar refractivity (Wildman–Crippen MR) is 65.9 cm³/mol. The summed E-state index contributed by atoms with van der Waals surface area (Å²) >= 11 is 0. The smallest absolute Gasteiger partial charge is 0.141 e. The number of aryl methyl sites for hydroxylation is 2. The highest BCUT2D eigenvalue weighted by Crippen LogP contribution is 2.36. The van der Waals surface area contributed by atoms with Crippen molar-refractivity contribution in [2.45, 2.75) is 13.8 Å². The quantitative estimate of drug-likeness (QED) is 0.823. The number of nitrogens with zero attached hydrogens (tertiary/aromatic N) is 1. The van der Waals surface area contributed by atoms with Gasteiger partial charge in [0.15, 0.2) is 0 Å². The molecule has 0 spiro atoms. The highest BCUT2D eigenvalue weighted by molar-refractivity contribution is 5.77. The molecule has 4 heteroatoms. The Morgan fingerprint density at radius 1 is 1.35 bits per heavy atom. The van der Waals surface area contributed by atoms with Crippen molar-refractivity contribution in [3.05, 3.63) is 36.7 Å². The maximum atomic E-state index is 5.41. The second kappa shape index (κ2) is 4.49. The Labute approximate surface area is 101 Å². The van der Waals surface area contributed by atoms with Gasteiger partial charge in [-0.1, -0.05) is 5.16 Å². The third-order valence-corrected chi connectivity index (χ3v) is 2.67. The van der Waals surface area contributed by atoms with E-state index >= 15 is 0 Å². The molecular formula is C13H14N2O2. The molecule has 1 aromatic heterocycles. The van der Waals surface area contributed by atoms with Crippen molar-refractivity contribution in [3.8, 4) is 16.9 Å². The molecule has 17 heavy (non-hydrogen) atoms. The largest absolute Gasteiger partial charge is 0.496 e. The number of ether oxygens (including phenoxy) is 1. The van der Waals surface area contributed by atoms with E-state index in [1.807, 2.05) is 32.0 Å². The van der Waals surface area contributed by atoms with Gasteiger partial charge in [-0.2, -0.15) is 0 Å². The summed E-state index contributed by atoms with van der Waals surface area (Å²) in [6.07, 6.45) is 0. The first kappa shape index (κ1) is 11.5. The van der Waals surface area contributed by atoms with Gasteiger partial charge < -0.3 is 14.6 Å². The summed E-state index contributed by atoms with van der Waals surface area (Å²) in [5, 5.41) is 6.55. The molecule has 2 rings (SSSR count). The lowest BCUT2D eigenvalue weighted by Gasteiger charge is -2.10. The molecule has 4 nitrogen and oxygen atoms in total. The molecular weight excluding hydrogens is 216 g/mol. The van der Waals surface area contributed by atoms with Gasteiger partial charge in [-0.15, -0.1) is 0 Å². The van der Waals surface area contributed by atoms with E-state index in [4.69, 9.17) is 16.3 Å². The van der Waals surface area contributed by atoms with Crippen molar-refractivity contribution in [2.24, 2.45) is 0 Å². The molecule has 0 amide bonds. The molecule has 0 atom stereocenters. The van der Waals surface area contributed by atoms with Crippen LogP contribution in [0.2, 0.25) is 0 Å². The fourth-order valence-electron chi connectivity index (χ4n) is 1.86. The van der Waals surface area contributed by atoms with Crippen molar-refractivity contribution in [2.75, 3.05) is 12.4 Å². The maximum absolute atomic E-state index is 5.41. The van der Waals surface area contributed by atoms with Crippen LogP contribution in [-0.4, -0.2) is 12.3 Å². The van der Waals surface area contributed by atoms with Gasteiger partial charge in [-0.05, 0) is 32.0 Å². The second-order valence-corrected chi connectivity index (χ2v) is 3.76. The Hall–Kier alpha value is -1.97. The van der Waals surface area contributed by atoms with E-state index in [1.54, 1.807) is 7.11 Å². The Morgan fingerprint density at radius 2 is 2.12 bits per heavy atom. The summed E-state index contributed by atoms with van der Waals surface area (Å²) in [7, 11) is 7.04. The van der Waals surface area contributed by atoms with Gasteiger partial charge in [0.1, 0.15) is 11.5 Å². The maximum Gasteiger partial charge on any atom is 0.141 e. The first-order chi connectivity index (χ1) is 8.17. The van der Waals surface area contributed by atoms with Gasteiger partial charge >= 0.3 is 0 Å². The molecule has 0 aliphatic rings. The van der Waals surface area contributed by atoms with E-state index in [0.717, 1.165) is 34.0 Å². The van der Waals surface area contributed by atoms with Crippen LogP contribution in [0.4, 0.5) is 5.69 Å². The van der Waals surface area contributed by atoms with Crippen LogP contribution >= 0.6 is 0 Å². The number of anilines is 1. The monoisotopic (exact) mass is 230 g/mol. The summed E-state index contributed by atoms with van der Waals surface area (Å²) < 4.78 is 10.5. The number of rotatable bonds is 3. The van der Waals surface area contributed by atoms with Crippen molar-refractivity contribution in [1.82, 2.24) is 5.16 Å². The van der Waals surface area contributed by atoms with E-state index in [9.17, 15) is 0 Å². The van der Waals surface area contributed by atoms with E-state index < -0.39 is 0 Å². The number of hydrogen-bond donors (Lipinski definition) is 1. The molecule has 0 aliphatic carbocycles. The van der Waals surface area contributed by atoms with Crippen LogP contribution in [0.15, 0.2) is 22.7 Å². The second-order valence-electron chi connectivity index (χ2n) is 3.76. The lowest BCUT2D eigenvalue weighted by Crippen LogP contribution is -1.92. The number of hydrogen-bond acceptors (Lipinski definition) is 4. The minimum Gasteiger partial charge on any atom is -0.496 e. The SMILES string of the molecule is [CH]Nc1ccc(OC)c(-c2c(C)noc2C)c1. The van der Waals surface area contributed by atoms with Gasteiger partial charge in [0.05, 0.1) is 25.4 Å². The van der Waals surface area contributed by atoms with Crippen LogP contribution in [0.3, 0.4) is 0 Å². The Kier molecular flexibility index (Phi) is 3.04. The third kappa shape index (κ3) is 1.98. The molecule has 1 heterocycles. The first-order valence-electron chi connectivity index (χ1n) is 5.25. The highest BCUT2D eigenvalue weighted by Gasteiger charge is 2.16. The van der Waals surface area contributed by atoms with Crippen LogP contribution in [0.25, 0.3) is 11.1 Å². The zero-order valence-electron chi connectivity index (χ0n) is 10.1. The zero-order valence-corrected chi connectivity index (χ0v) is 10.1. The van der Waals surface area contributed by atoms with Crippen LogP contribution in [0.5, 0.6) is 5.75 Å². The van der Waals surface area contributed by atoms with E-state index in [2.05, 4.69) is 10.5 Å². The van der Waals surface area contributed by atoms with Gasteiger partial charge in [0.25, 0.3) is 0 Å². The van der Waals surface area contributed by atoms with Crippen LogP contribution < -0.4 is 10.1 Å². The summed E-state index contributed by atoms with van der Waals surface area (Å²) in [5.74, 6) is 1.52. The summed E-state index contributed by atoms with van der Waals surface area (Å²) in [6, 6.07) is 5.61. The topological polar surface area (TPSA) is 47.3 Å². The van der Waals surface area contributed by atoms with Crippen molar-refractivity contribution >= 4 is 5.69 Å². The predicted octanol–water partition coefficient (Wildman–Crippen LogP) is 3.05. The number of methoxy groups -OCH3 is 1. The summed E-state index contributed by atoms with van der Waals surface area (Å²) in [6.45, 7) is 3.77. The van der Waals surface area contributed by atoms with Crippen molar-refractivity contribution < 1.29 is 9.26 Å². The highest BCUT2D eigenvalue weighted by atomic mass is 16.5. The molecule has 1 N–H and O–H groups in total. The number of benzene rings is 1. The fourth-order valence-corrected chi connectivity index (χ4v) is 1.86. The minimum absolute atomic E-state index is 0.759. The minimum atomic E-state index is 0.759. The van der Waals surface area contributed by atoms with Crippen LogP contribution in [0.1, 0.15) is 11.5 Å².